The number of hydrogen-bond acceptors (Lipinski definition) is 2. The molecule has 0 amide bonds. The van der Waals surface area contributed by atoms with E-state index in [1.165, 1.54) is 17.5 Å². The van der Waals surface area contributed by atoms with Gasteiger partial charge in [0.25, 0.3) is 0 Å². The van der Waals surface area contributed by atoms with E-state index >= 15 is 0 Å². The van der Waals surface area contributed by atoms with Crippen molar-refractivity contribution in [3.63, 3.8) is 0 Å². The second kappa shape index (κ2) is 3.62. The minimum atomic E-state index is 0.575. The van der Waals surface area contributed by atoms with Gasteiger partial charge in [-0.3, -0.25) is 0 Å². The number of aryl methyl sites for hydroxylation is 1. The highest BCUT2D eigenvalue weighted by Gasteiger charge is 2.26. The standard InChI is InChI=1S/C13H17NO/c1-9-2-3-10-7-15-8-11-6-14-5-4-12(9)13(10)11/h2-3,11,14H,4-8H2,1H3. The van der Waals surface area contributed by atoms with Crippen molar-refractivity contribution in [1.29, 1.82) is 0 Å². The van der Waals surface area contributed by atoms with E-state index in [1.54, 1.807) is 11.1 Å². The van der Waals surface area contributed by atoms with Crippen LogP contribution in [0.5, 0.6) is 0 Å². The maximum Gasteiger partial charge on any atom is 0.0720 e. The van der Waals surface area contributed by atoms with Crippen LogP contribution in [0.4, 0.5) is 0 Å². The van der Waals surface area contributed by atoms with E-state index in [-0.39, 0.29) is 0 Å². The summed E-state index contributed by atoms with van der Waals surface area (Å²) in [6, 6.07) is 4.48. The first-order chi connectivity index (χ1) is 7.36. The first kappa shape index (κ1) is 9.37. The summed E-state index contributed by atoms with van der Waals surface area (Å²) in [5, 5.41) is 3.50. The van der Waals surface area contributed by atoms with Crippen LogP contribution < -0.4 is 5.32 Å². The van der Waals surface area contributed by atoms with Crippen molar-refractivity contribution < 1.29 is 4.74 Å². The van der Waals surface area contributed by atoms with Crippen LogP contribution in [0.3, 0.4) is 0 Å². The largest absolute Gasteiger partial charge is 0.376 e. The highest BCUT2D eigenvalue weighted by Crippen LogP contribution is 2.32. The molecule has 15 heavy (non-hydrogen) atoms. The van der Waals surface area contributed by atoms with E-state index < -0.39 is 0 Å². The van der Waals surface area contributed by atoms with Crippen LogP contribution in [-0.4, -0.2) is 19.7 Å². The molecule has 0 spiro atoms. The fourth-order valence-corrected chi connectivity index (χ4v) is 2.83. The lowest BCUT2D eigenvalue weighted by atomic mass is 9.86. The maximum atomic E-state index is 5.64. The lowest BCUT2D eigenvalue weighted by molar-refractivity contribution is 0.0913. The summed E-state index contributed by atoms with van der Waals surface area (Å²) in [4.78, 5) is 0. The SMILES string of the molecule is Cc1ccc2c3c1CCNCC3COC2. The lowest BCUT2D eigenvalue weighted by Crippen LogP contribution is -2.26. The quantitative estimate of drug-likeness (QED) is 0.693. The van der Waals surface area contributed by atoms with E-state index in [0.29, 0.717) is 5.92 Å². The fraction of sp³-hybridized carbons (Fsp3) is 0.538. The minimum absolute atomic E-state index is 0.575. The smallest absolute Gasteiger partial charge is 0.0720 e. The molecule has 0 saturated carbocycles. The lowest BCUT2D eigenvalue weighted by Gasteiger charge is -2.27. The zero-order chi connectivity index (χ0) is 10.3. The predicted molar refractivity (Wildman–Crippen MR) is 60.1 cm³/mol. The summed E-state index contributed by atoms with van der Waals surface area (Å²) in [5.74, 6) is 0.575. The summed E-state index contributed by atoms with van der Waals surface area (Å²) in [7, 11) is 0. The molecule has 3 rings (SSSR count). The molecule has 2 aliphatic rings. The minimum Gasteiger partial charge on any atom is -0.376 e. The van der Waals surface area contributed by atoms with Crippen LogP contribution in [-0.2, 0) is 17.8 Å². The van der Waals surface area contributed by atoms with Crippen LogP contribution in [0.1, 0.15) is 28.2 Å². The average Bonchev–Trinajstić information content (AvgIpc) is 2.48. The Kier molecular flexibility index (Phi) is 2.26. The molecule has 0 saturated heterocycles. The third-order valence-corrected chi connectivity index (χ3v) is 3.61. The molecule has 80 valence electrons. The highest BCUT2D eigenvalue weighted by atomic mass is 16.5. The molecule has 2 nitrogen and oxygen atoms in total. The molecule has 1 unspecified atom stereocenters. The fourth-order valence-electron chi connectivity index (χ4n) is 2.83. The van der Waals surface area contributed by atoms with Gasteiger partial charge in [-0.2, -0.15) is 0 Å². The Hall–Kier alpha value is -0.860. The molecule has 2 heteroatoms. The number of benzene rings is 1. The predicted octanol–water partition coefficient (Wildman–Crippen LogP) is 1.75. The summed E-state index contributed by atoms with van der Waals surface area (Å²) in [6.45, 7) is 6.10. The van der Waals surface area contributed by atoms with Gasteiger partial charge in [-0.1, -0.05) is 12.1 Å². The van der Waals surface area contributed by atoms with Gasteiger partial charge in [0.1, 0.15) is 0 Å². The highest BCUT2D eigenvalue weighted by molar-refractivity contribution is 5.44. The second-order valence-corrected chi connectivity index (χ2v) is 4.60. The van der Waals surface area contributed by atoms with Crippen LogP contribution in [0.15, 0.2) is 12.1 Å². The Morgan fingerprint density at radius 3 is 3.27 bits per heavy atom. The average molecular weight is 203 g/mol. The van der Waals surface area contributed by atoms with E-state index in [2.05, 4.69) is 24.4 Å². The van der Waals surface area contributed by atoms with Gasteiger partial charge in [0.2, 0.25) is 0 Å². The molecule has 1 N–H and O–H groups in total. The van der Waals surface area contributed by atoms with Gasteiger partial charge >= 0.3 is 0 Å². The van der Waals surface area contributed by atoms with E-state index in [4.69, 9.17) is 4.74 Å². The monoisotopic (exact) mass is 203 g/mol. The van der Waals surface area contributed by atoms with Crippen molar-refractivity contribution >= 4 is 0 Å². The van der Waals surface area contributed by atoms with Gasteiger partial charge in [-0.25, -0.2) is 0 Å². The molecule has 0 radical (unpaired) electrons. The first-order valence-corrected chi connectivity index (χ1v) is 5.76. The van der Waals surface area contributed by atoms with Crippen LogP contribution in [0.25, 0.3) is 0 Å². The first-order valence-electron chi connectivity index (χ1n) is 5.76. The van der Waals surface area contributed by atoms with Crippen molar-refractivity contribution in [2.24, 2.45) is 0 Å². The zero-order valence-electron chi connectivity index (χ0n) is 9.18. The van der Waals surface area contributed by atoms with E-state index in [0.717, 1.165) is 26.3 Å². The number of hydrogen-bond donors (Lipinski definition) is 1. The summed E-state index contributed by atoms with van der Waals surface area (Å²) in [6.07, 6.45) is 1.17. The Bertz CT molecular complexity index is 386. The molecule has 0 bridgehead atoms. The van der Waals surface area contributed by atoms with Gasteiger partial charge < -0.3 is 10.1 Å². The van der Waals surface area contributed by atoms with Crippen molar-refractivity contribution in [3.8, 4) is 0 Å². The number of nitrogens with one attached hydrogen (secondary N) is 1. The molecule has 2 heterocycles. The van der Waals surface area contributed by atoms with Crippen molar-refractivity contribution in [2.45, 2.75) is 25.9 Å². The molecule has 0 aliphatic carbocycles. The topological polar surface area (TPSA) is 21.3 Å². The molecular formula is C13H17NO. The van der Waals surface area contributed by atoms with Gasteiger partial charge in [-0.15, -0.1) is 0 Å². The second-order valence-electron chi connectivity index (χ2n) is 4.60. The Balaban J connectivity index is 2.19. The Labute approximate surface area is 90.6 Å². The summed E-state index contributed by atoms with van der Waals surface area (Å²) in [5.41, 5.74) is 6.02. The number of rotatable bonds is 0. The summed E-state index contributed by atoms with van der Waals surface area (Å²) < 4.78 is 5.64. The Morgan fingerprint density at radius 2 is 2.33 bits per heavy atom. The molecule has 1 aromatic carbocycles. The van der Waals surface area contributed by atoms with Gasteiger partial charge in [0.15, 0.2) is 0 Å². The molecule has 1 atom stereocenters. The maximum absolute atomic E-state index is 5.64. The number of ether oxygens (including phenoxy) is 1. The molecule has 2 aliphatic heterocycles. The van der Waals surface area contributed by atoms with Gasteiger partial charge in [0, 0.05) is 12.5 Å². The van der Waals surface area contributed by atoms with Crippen LogP contribution in [0.2, 0.25) is 0 Å². The van der Waals surface area contributed by atoms with Crippen molar-refractivity contribution in [2.75, 3.05) is 19.7 Å². The Morgan fingerprint density at radius 1 is 1.40 bits per heavy atom. The van der Waals surface area contributed by atoms with E-state index in [9.17, 15) is 0 Å². The molecular weight excluding hydrogens is 186 g/mol. The van der Waals surface area contributed by atoms with E-state index in [1.807, 2.05) is 0 Å². The third-order valence-electron chi connectivity index (χ3n) is 3.61. The summed E-state index contributed by atoms with van der Waals surface area (Å²) >= 11 is 0. The van der Waals surface area contributed by atoms with Crippen LogP contribution >= 0.6 is 0 Å². The van der Waals surface area contributed by atoms with Crippen molar-refractivity contribution in [1.82, 2.24) is 5.32 Å². The van der Waals surface area contributed by atoms with Crippen molar-refractivity contribution in [3.05, 3.63) is 34.4 Å². The third kappa shape index (κ3) is 1.48. The molecule has 0 fully saturated rings. The van der Waals surface area contributed by atoms with Crippen LogP contribution in [0, 0.1) is 6.92 Å². The zero-order valence-corrected chi connectivity index (χ0v) is 9.18. The molecule has 1 aromatic rings. The van der Waals surface area contributed by atoms with Gasteiger partial charge in [0.05, 0.1) is 13.2 Å². The normalized spacial score (nSPS) is 24.5. The van der Waals surface area contributed by atoms with Gasteiger partial charge in [-0.05, 0) is 42.1 Å². The molecule has 0 aromatic heterocycles.